The molecule has 0 bridgehead atoms. The van der Waals surface area contributed by atoms with Crippen LogP contribution in [0.4, 0.5) is 0 Å². The third-order valence-electron chi connectivity index (χ3n) is 4.17. The Balaban J connectivity index is 2.05. The van der Waals surface area contributed by atoms with Crippen molar-refractivity contribution >= 4 is 22.5 Å². The zero-order valence-electron chi connectivity index (χ0n) is 12.5. The van der Waals surface area contributed by atoms with E-state index in [4.69, 9.17) is 22.1 Å². The van der Waals surface area contributed by atoms with Crippen molar-refractivity contribution in [3.05, 3.63) is 82.3 Å². The summed E-state index contributed by atoms with van der Waals surface area (Å²) in [5.41, 5.74) is 8.76. The van der Waals surface area contributed by atoms with E-state index in [-0.39, 0.29) is 11.8 Å². The lowest BCUT2D eigenvalue weighted by Crippen LogP contribution is -2.21. The van der Waals surface area contributed by atoms with Crippen LogP contribution in [0, 0.1) is 11.3 Å². The standard InChI is InChI=1S/C19H12ClN3O/c20-15-6-2-1-5-12(15)16-13-8-7-11-4-3-9-23-17(11)18(13)24-19(22)14(16)10-21/h1-9,16H,22H2/t16-/m1/s1. The lowest BCUT2D eigenvalue weighted by molar-refractivity contribution is 0.397. The molecule has 0 saturated carbocycles. The van der Waals surface area contributed by atoms with Gasteiger partial charge in [0.1, 0.15) is 17.2 Å². The average Bonchev–Trinajstić information content (AvgIpc) is 2.61. The van der Waals surface area contributed by atoms with Gasteiger partial charge in [-0.05, 0) is 17.7 Å². The van der Waals surface area contributed by atoms with Gasteiger partial charge in [-0.3, -0.25) is 4.98 Å². The summed E-state index contributed by atoms with van der Waals surface area (Å²) in [5, 5.41) is 11.1. The summed E-state index contributed by atoms with van der Waals surface area (Å²) in [7, 11) is 0. The zero-order valence-corrected chi connectivity index (χ0v) is 13.3. The van der Waals surface area contributed by atoms with Crippen LogP contribution in [0.15, 0.2) is 66.2 Å². The van der Waals surface area contributed by atoms with E-state index in [9.17, 15) is 5.26 Å². The van der Waals surface area contributed by atoms with Crippen molar-refractivity contribution in [2.45, 2.75) is 5.92 Å². The van der Waals surface area contributed by atoms with Gasteiger partial charge in [0.2, 0.25) is 5.88 Å². The molecule has 1 aliphatic rings. The SMILES string of the molecule is N#CC1=C(N)Oc2c(ccc3cccnc23)[C@H]1c1ccccc1Cl. The number of hydrogen-bond acceptors (Lipinski definition) is 4. The minimum Gasteiger partial charge on any atom is -0.438 e. The lowest BCUT2D eigenvalue weighted by Gasteiger charge is -2.27. The maximum atomic E-state index is 9.60. The quantitative estimate of drug-likeness (QED) is 0.727. The fourth-order valence-corrected chi connectivity index (χ4v) is 3.33. The molecule has 116 valence electrons. The Morgan fingerprint density at radius 2 is 1.92 bits per heavy atom. The minimum absolute atomic E-state index is 0.0908. The highest BCUT2D eigenvalue weighted by Crippen LogP contribution is 2.46. The lowest BCUT2D eigenvalue weighted by atomic mass is 9.83. The Morgan fingerprint density at radius 1 is 1.08 bits per heavy atom. The molecule has 3 aromatic rings. The second-order valence-electron chi connectivity index (χ2n) is 5.51. The summed E-state index contributed by atoms with van der Waals surface area (Å²) in [4.78, 5) is 4.41. The average molecular weight is 334 g/mol. The van der Waals surface area contributed by atoms with Crippen LogP contribution >= 0.6 is 11.6 Å². The van der Waals surface area contributed by atoms with Gasteiger partial charge in [-0.2, -0.15) is 5.26 Å². The molecule has 0 amide bonds. The molecule has 24 heavy (non-hydrogen) atoms. The summed E-state index contributed by atoms with van der Waals surface area (Å²) in [6.07, 6.45) is 1.70. The third-order valence-corrected chi connectivity index (χ3v) is 4.52. The molecule has 5 heteroatoms. The van der Waals surface area contributed by atoms with Crippen LogP contribution in [-0.4, -0.2) is 4.98 Å². The van der Waals surface area contributed by atoms with Crippen LogP contribution in [0.2, 0.25) is 5.02 Å². The largest absolute Gasteiger partial charge is 0.438 e. The van der Waals surface area contributed by atoms with E-state index in [1.165, 1.54) is 0 Å². The highest BCUT2D eigenvalue weighted by molar-refractivity contribution is 6.31. The first-order valence-corrected chi connectivity index (χ1v) is 7.78. The number of nitriles is 1. The Bertz CT molecular complexity index is 1040. The number of fused-ring (bicyclic) bond motifs is 3. The molecule has 2 N–H and O–H groups in total. The van der Waals surface area contributed by atoms with Gasteiger partial charge in [0.15, 0.2) is 5.75 Å². The normalized spacial score (nSPS) is 16.4. The number of ether oxygens (including phenoxy) is 1. The summed E-state index contributed by atoms with van der Waals surface area (Å²) < 4.78 is 5.77. The molecule has 2 heterocycles. The van der Waals surface area contributed by atoms with Gasteiger partial charge in [0, 0.05) is 22.2 Å². The van der Waals surface area contributed by atoms with Gasteiger partial charge in [-0.25, -0.2) is 0 Å². The van der Waals surface area contributed by atoms with Crippen molar-refractivity contribution in [2.24, 2.45) is 5.73 Å². The van der Waals surface area contributed by atoms with E-state index in [1.54, 1.807) is 12.3 Å². The smallest absolute Gasteiger partial charge is 0.205 e. The first-order valence-electron chi connectivity index (χ1n) is 7.40. The molecule has 0 unspecified atom stereocenters. The molecule has 0 spiro atoms. The zero-order chi connectivity index (χ0) is 16.7. The Hall–Kier alpha value is -3.03. The molecule has 0 saturated heterocycles. The van der Waals surface area contributed by atoms with E-state index in [2.05, 4.69) is 11.1 Å². The van der Waals surface area contributed by atoms with Gasteiger partial charge >= 0.3 is 0 Å². The number of pyridine rings is 1. The maximum absolute atomic E-state index is 9.60. The Morgan fingerprint density at radius 3 is 2.71 bits per heavy atom. The third kappa shape index (κ3) is 2.10. The summed E-state index contributed by atoms with van der Waals surface area (Å²) in [6, 6.07) is 17.3. The van der Waals surface area contributed by atoms with Crippen LogP contribution in [0.25, 0.3) is 10.9 Å². The molecule has 0 fully saturated rings. The summed E-state index contributed by atoms with van der Waals surface area (Å²) >= 11 is 6.38. The summed E-state index contributed by atoms with van der Waals surface area (Å²) in [5.74, 6) is 0.293. The molecule has 4 nitrogen and oxygen atoms in total. The molecular formula is C19H12ClN3O. The van der Waals surface area contributed by atoms with Gasteiger partial charge in [-0.1, -0.05) is 48.0 Å². The number of hydrogen-bond donors (Lipinski definition) is 1. The van der Waals surface area contributed by atoms with Crippen molar-refractivity contribution in [3.8, 4) is 11.8 Å². The van der Waals surface area contributed by atoms with E-state index in [1.807, 2.05) is 42.5 Å². The van der Waals surface area contributed by atoms with Crippen LogP contribution < -0.4 is 10.5 Å². The topological polar surface area (TPSA) is 71.9 Å². The van der Waals surface area contributed by atoms with Gasteiger partial charge in [0.05, 0.1) is 5.92 Å². The Kier molecular flexibility index (Phi) is 3.37. The fraction of sp³-hybridized carbons (Fsp3) is 0.0526. The van der Waals surface area contributed by atoms with Crippen LogP contribution in [0.3, 0.4) is 0 Å². The van der Waals surface area contributed by atoms with Crippen molar-refractivity contribution in [1.29, 1.82) is 5.26 Å². The number of nitrogens with two attached hydrogens (primary N) is 1. The van der Waals surface area contributed by atoms with E-state index >= 15 is 0 Å². The molecule has 1 aromatic heterocycles. The first-order chi connectivity index (χ1) is 11.7. The number of aromatic nitrogens is 1. The van der Waals surface area contributed by atoms with Crippen molar-refractivity contribution in [2.75, 3.05) is 0 Å². The molecular weight excluding hydrogens is 322 g/mol. The molecule has 1 atom stereocenters. The maximum Gasteiger partial charge on any atom is 0.205 e. The van der Waals surface area contributed by atoms with Crippen LogP contribution in [0.5, 0.6) is 5.75 Å². The van der Waals surface area contributed by atoms with Crippen LogP contribution in [-0.2, 0) is 0 Å². The van der Waals surface area contributed by atoms with Crippen molar-refractivity contribution in [1.82, 2.24) is 4.98 Å². The fourth-order valence-electron chi connectivity index (χ4n) is 3.08. The van der Waals surface area contributed by atoms with Crippen LogP contribution in [0.1, 0.15) is 17.0 Å². The van der Waals surface area contributed by atoms with E-state index in [0.717, 1.165) is 16.5 Å². The minimum atomic E-state index is -0.376. The number of benzene rings is 2. The second kappa shape index (κ2) is 5.55. The monoisotopic (exact) mass is 333 g/mol. The highest BCUT2D eigenvalue weighted by Gasteiger charge is 2.33. The van der Waals surface area contributed by atoms with Gasteiger partial charge < -0.3 is 10.5 Å². The molecule has 2 aromatic carbocycles. The number of halogens is 1. The Labute approximate surface area is 143 Å². The number of nitrogens with zero attached hydrogens (tertiary/aromatic N) is 2. The summed E-state index contributed by atoms with van der Waals surface area (Å²) in [6.45, 7) is 0. The molecule has 4 rings (SSSR count). The number of rotatable bonds is 1. The molecule has 0 aliphatic carbocycles. The highest BCUT2D eigenvalue weighted by atomic mass is 35.5. The predicted molar refractivity (Wildman–Crippen MR) is 92.5 cm³/mol. The van der Waals surface area contributed by atoms with Gasteiger partial charge in [-0.15, -0.1) is 0 Å². The van der Waals surface area contributed by atoms with Crippen molar-refractivity contribution in [3.63, 3.8) is 0 Å². The van der Waals surface area contributed by atoms with E-state index in [0.29, 0.717) is 21.9 Å². The van der Waals surface area contributed by atoms with Gasteiger partial charge in [0.25, 0.3) is 0 Å². The molecule has 0 radical (unpaired) electrons. The first kappa shape index (κ1) is 14.6. The second-order valence-corrected chi connectivity index (χ2v) is 5.91. The number of allylic oxidation sites excluding steroid dienone is 1. The van der Waals surface area contributed by atoms with Crippen molar-refractivity contribution < 1.29 is 4.74 Å². The molecule has 1 aliphatic heterocycles. The van der Waals surface area contributed by atoms with E-state index < -0.39 is 0 Å². The predicted octanol–water partition coefficient (Wildman–Crippen LogP) is 4.11.